The molecule has 0 aliphatic carbocycles. The summed E-state index contributed by atoms with van der Waals surface area (Å²) in [6.45, 7) is 0. The van der Waals surface area contributed by atoms with Gasteiger partial charge in [-0.2, -0.15) is 0 Å². The van der Waals surface area contributed by atoms with E-state index in [1.807, 2.05) is 4.83 Å². The summed E-state index contributed by atoms with van der Waals surface area (Å²) in [5, 5.41) is 2.80. The van der Waals surface area contributed by atoms with Crippen molar-refractivity contribution >= 4 is 39.3 Å². The lowest BCUT2D eigenvalue weighted by Gasteiger charge is -2.08. The first-order chi connectivity index (χ1) is 10.5. The lowest BCUT2D eigenvalue weighted by Crippen LogP contribution is -2.41. The molecule has 1 amide bonds. The number of carbonyl (C=O) groups excluding carboxylic acids is 1. The molecule has 2 rings (SSSR count). The summed E-state index contributed by atoms with van der Waals surface area (Å²) < 4.78 is 23.9. The number of amides is 1. The number of sulfonamides is 1. The van der Waals surface area contributed by atoms with Crippen LogP contribution in [0.15, 0.2) is 59.5 Å². The number of hydrogen-bond donors (Lipinski definition) is 3. The van der Waals surface area contributed by atoms with Crippen molar-refractivity contribution in [2.75, 3.05) is 5.32 Å². The van der Waals surface area contributed by atoms with Gasteiger partial charge in [-0.3, -0.25) is 10.2 Å². The predicted molar refractivity (Wildman–Crippen MR) is 87.9 cm³/mol. The largest absolute Gasteiger partial charge is 0.353 e. The Labute approximate surface area is 133 Å². The molecule has 0 aromatic heterocycles. The third kappa shape index (κ3) is 4.10. The molecule has 114 valence electrons. The zero-order valence-corrected chi connectivity index (χ0v) is 12.9. The molecule has 0 fully saturated rings. The second-order valence-corrected chi connectivity index (χ2v) is 6.13. The highest BCUT2D eigenvalue weighted by Gasteiger charge is 2.14. The van der Waals surface area contributed by atoms with Crippen molar-refractivity contribution in [3.63, 3.8) is 0 Å². The third-order valence-corrected chi connectivity index (χ3v) is 4.11. The van der Waals surface area contributed by atoms with E-state index in [9.17, 15) is 13.2 Å². The van der Waals surface area contributed by atoms with Crippen LogP contribution in [-0.4, -0.2) is 19.8 Å². The van der Waals surface area contributed by atoms with E-state index in [2.05, 4.69) is 23.0 Å². The summed E-state index contributed by atoms with van der Waals surface area (Å²) in [7, 11) is -3.79. The fourth-order valence-corrected chi connectivity index (χ4v) is 2.63. The molecular formula is C14H13N3O3S2. The Morgan fingerprint density at radius 2 is 1.64 bits per heavy atom. The van der Waals surface area contributed by atoms with Crippen LogP contribution in [0.25, 0.3) is 0 Å². The Bertz CT molecular complexity index is 760. The summed E-state index contributed by atoms with van der Waals surface area (Å²) in [6.07, 6.45) is 0. The second-order valence-electron chi connectivity index (χ2n) is 4.21. The number of anilines is 1. The number of nitrogens with one attached hydrogen (secondary N) is 3. The van der Waals surface area contributed by atoms with Crippen LogP contribution in [-0.2, 0) is 10.0 Å². The van der Waals surface area contributed by atoms with Gasteiger partial charge in [-0.25, -0.2) is 8.42 Å². The summed E-state index contributed by atoms with van der Waals surface area (Å²) in [5.41, 5.74) is 4.56. The van der Waals surface area contributed by atoms with E-state index in [-0.39, 0.29) is 4.90 Å². The summed E-state index contributed by atoms with van der Waals surface area (Å²) in [6, 6.07) is 14.2. The predicted octanol–water partition coefficient (Wildman–Crippen LogP) is 1.68. The zero-order chi connectivity index (χ0) is 16.0. The van der Waals surface area contributed by atoms with Crippen LogP contribution in [0.4, 0.5) is 5.69 Å². The van der Waals surface area contributed by atoms with Crippen LogP contribution in [0.5, 0.6) is 0 Å². The lowest BCUT2D eigenvalue weighted by molar-refractivity contribution is 0.0945. The van der Waals surface area contributed by atoms with Gasteiger partial charge >= 0.3 is 0 Å². The minimum atomic E-state index is -3.79. The molecule has 0 heterocycles. The van der Waals surface area contributed by atoms with Gasteiger partial charge in [-0.05, 0) is 36.4 Å². The molecule has 0 spiro atoms. The highest BCUT2D eigenvalue weighted by atomic mass is 32.2. The normalized spacial score (nSPS) is 10.7. The van der Waals surface area contributed by atoms with Crippen LogP contribution in [0, 0.1) is 0 Å². The van der Waals surface area contributed by atoms with Gasteiger partial charge in [-0.1, -0.05) is 30.4 Å². The number of hydrazine groups is 1. The summed E-state index contributed by atoms with van der Waals surface area (Å²) in [4.78, 5) is 14.0. The third-order valence-electron chi connectivity index (χ3n) is 2.73. The van der Waals surface area contributed by atoms with Gasteiger partial charge in [0.05, 0.1) is 10.4 Å². The standard InChI is InChI=1S/C14H13N3O3S2/c18-14(11-6-8-12(9-7-11)15-10-21)16-17-22(19,20)13-4-2-1-3-5-13/h1-10,17H,(H,15,21)(H,16,18). The first-order valence-corrected chi connectivity index (χ1v) is 8.16. The van der Waals surface area contributed by atoms with Gasteiger partial charge in [0, 0.05) is 11.3 Å². The molecule has 0 atom stereocenters. The average molecular weight is 335 g/mol. The van der Waals surface area contributed by atoms with E-state index in [4.69, 9.17) is 0 Å². The molecule has 0 bridgehead atoms. The van der Waals surface area contributed by atoms with Crippen molar-refractivity contribution in [2.24, 2.45) is 0 Å². The van der Waals surface area contributed by atoms with E-state index in [1.165, 1.54) is 17.6 Å². The molecule has 0 unspecified atom stereocenters. The van der Waals surface area contributed by atoms with Gasteiger partial charge in [-0.15, -0.1) is 4.83 Å². The summed E-state index contributed by atoms with van der Waals surface area (Å²) >= 11 is 4.66. The van der Waals surface area contributed by atoms with E-state index >= 15 is 0 Å². The number of carbonyl (C=O) groups is 1. The molecule has 0 radical (unpaired) electrons. The van der Waals surface area contributed by atoms with E-state index in [0.717, 1.165) is 5.69 Å². The molecule has 0 saturated carbocycles. The van der Waals surface area contributed by atoms with E-state index in [0.29, 0.717) is 5.56 Å². The molecule has 2 aromatic rings. The molecule has 0 saturated heterocycles. The Balaban J connectivity index is 2.02. The maximum Gasteiger partial charge on any atom is 0.266 e. The molecule has 3 N–H and O–H groups in total. The van der Waals surface area contributed by atoms with Crippen LogP contribution in [0.1, 0.15) is 10.4 Å². The molecule has 0 aliphatic rings. The maximum absolute atomic E-state index is 12.0. The van der Waals surface area contributed by atoms with Crippen molar-refractivity contribution in [1.29, 1.82) is 0 Å². The van der Waals surface area contributed by atoms with Crippen LogP contribution in [0.3, 0.4) is 0 Å². The topological polar surface area (TPSA) is 87.3 Å². The number of benzene rings is 2. The zero-order valence-electron chi connectivity index (χ0n) is 11.3. The van der Waals surface area contributed by atoms with Gasteiger partial charge in [0.25, 0.3) is 15.9 Å². The number of rotatable bonds is 6. The SMILES string of the molecule is O=C(NNS(=O)(=O)c1ccccc1)c1ccc(NC=S)cc1. The van der Waals surface area contributed by atoms with Gasteiger partial charge < -0.3 is 5.32 Å². The van der Waals surface area contributed by atoms with Crippen molar-refractivity contribution < 1.29 is 13.2 Å². The van der Waals surface area contributed by atoms with E-state index < -0.39 is 15.9 Å². The minimum Gasteiger partial charge on any atom is -0.353 e. The van der Waals surface area contributed by atoms with Crippen molar-refractivity contribution in [3.05, 3.63) is 60.2 Å². The molecule has 8 heteroatoms. The van der Waals surface area contributed by atoms with Gasteiger partial charge in [0.15, 0.2) is 0 Å². The van der Waals surface area contributed by atoms with Crippen molar-refractivity contribution in [1.82, 2.24) is 10.3 Å². The van der Waals surface area contributed by atoms with Crippen molar-refractivity contribution in [3.8, 4) is 0 Å². The lowest BCUT2D eigenvalue weighted by atomic mass is 10.2. The second kappa shape index (κ2) is 7.12. The highest BCUT2D eigenvalue weighted by molar-refractivity contribution is 7.89. The Kier molecular flexibility index (Phi) is 5.21. The molecule has 22 heavy (non-hydrogen) atoms. The van der Waals surface area contributed by atoms with Gasteiger partial charge in [0.1, 0.15) is 0 Å². The minimum absolute atomic E-state index is 0.0656. The fourth-order valence-electron chi connectivity index (χ4n) is 1.63. The molecular weight excluding hydrogens is 322 g/mol. The number of thiocarbonyl (C=S) groups is 1. The van der Waals surface area contributed by atoms with Crippen molar-refractivity contribution in [2.45, 2.75) is 4.90 Å². The highest BCUT2D eigenvalue weighted by Crippen LogP contribution is 2.09. The quantitative estimate of drug-likeness (QED) is 0.552. The maximum atomic E-state index is 12.0. The van der Waals surface area contributed by atoms with Crippen LogP contribution >= 0.6 is 12.2 Å². The molecule has 0 aliphatic heterocycles. The Hall–Kier alpha value is -2.29. The Morgan fingerprint density at radius 3 is 2.23 bits per heavy atom. The molecule has 2 aromatic carbocycles. The first-order valence-electron chi connectivity index (χ1n) is 6.20. The first kappa shape index (κ1) is 16.1. The molecule has 6 nitrogen and oxygen atoms in total. The Morgan fingerprint density at radius 1 is 1.00 bits per heavy atom. The van der Waals surface area contributed by atoms with Crippen LogP contribution in [0.2, 0.25) is 0 Å². The van der Waals surface area contributed by atoms with Crippen LogP contribution < -0.4 is 15.6 Å². The van der Waals surface area contributed by atoms with Gasteiger partial charge in [0.2, 0.25) is 0 Å². The van der Waals surface area contributed by atoms with E-state index in [1.54, 1.807) is 42.5 Å². The fraction of sp³-hybridized carbons (Fsp3) is 0. The average Bonchev–Trinajstić information content (AvgIpc) is 2.54. The smallest absolute Gasteiger partial charge is 0.266 e. The monoisotopic (exact) mass is 335 g/mol. The summed E-state index contributed by atoms with van der Waals surface area (Å²) in [5.74, 6) is -0.562. The number of hydrogen-bond acceptors (Lipinski definition) is 4.